The first-order valence-electron chi connectivity index (χ1n) is 10.9. The van der Waals surface area contributed by atoms with Crippen molar-refractivity contribution in [2.75, 3.05) is 26.0 Å². The number of hydrogen-bond donors (Lipinski definition) is 2. The minimum absolute atomic E-state index is 0.0388. The molecule has 8 heteroatoms. The Morgan fingerprint density at radius 2 is 1.94 bits per heavy atom. The fourth-order valence-corrected chi connectivity index (χ4v) is 4.49. The van der Waals surface area contributed by atoms with E-state index in [-0.39, 0.29) is 24.3 Å². The van der Waals surface area contributed by atoms with Gasteiger partial charge in [0.05, 0.1) is 18.1 Å². The van der Waals surface area contributed by atoms with Gasteiger partial charge in [-0.15, -0.1) is 11.8 Å². The number of hydrogen-bond acceptors (Lipinski definition) is 5. The minimum Gasteiger partial charge on any atom is -0.462 e. The number of aromatic amines is 1. The molecule has 1 saturated heterocycles. The zero-order chi connectivity index (χ0) is 23.3. The van der Waals surface area contributed by atoms with Gasteiger partial charge >= 0.3 is 5.97 Å². The molecule has 1 aromatic heterocycles. The van der Waals surface area contributed by atoms with Gasteiger partial charge in [0, 0.05) is 30.2 Å². The number of amides is 2. The molecule has 1 fully saturated rings. The average Bonchev–Trinajstić information content (AvgIpc) is 3.11. The average molecular weight is 458 g/mol. The molecule has 0 spiro atoms. The van der Waals surface area contributed by atoms with Crippen LogP contribution in [0.5, 0.6) is 0 Å². The number of rotatable bonds is 7. The molecule has 32 heavy (non-hydrogen) atoms. The summed E-state index contributed by atoms with van der Waals surface area (Å²) in [6, 6.07) is 8.11. The third-order valence-electron chi connectivity index (χ3n) is 5.84. The smallest absolute Gasteiger partial charge is 0.340 e. The van der Waals surface area contributed by atoms with Crippen LogP contribution in [0.2, 0.25) is 0 Å². The number of ether oxygens (including phenoxy) is 1. The fraction of sp³-hybridized carbons (Fsp3) is 0.458. The van der Waals surface area contributed by atoms with Crippen molar-refractivity contribution in [1.29, 1.82) is 0 Å². The van der Waals surface area contributed by atoms with Crippen molar-refractivity contribution < 1.29 is 19.1 Å². The number of likely N-dealkylation sites (tertiary alicyclic amines) is 1. The molecule has 0 radical (unpaired) electrons. The Kier molecular flexibility index (Phi) is 8.01. The van der Waals surface area contributed by atoms with Crippen LogP contribution in [0.3, 0.4) is 0 Å². The van der Waals surface area contributed by atoms with Gasteiger partial charge in [-0.05, 0) is 63.1 Å². The zero-order valence-electron chi connectivity index (χ0n) is 19.1. The molecule has 0 aliphatic carbocycles. The van der Waals surface area contributed by atoms with Gasteiger partial charge in [0.2, 0.25) is 5.91 Å². The number of carbonyl (C=O) groups is 3. The van der Waals surface area contributed by atoms with E-state index in [0.29, 0.717) is 42.1 Å². The monoisotopic (exact) mass is 457 g/mol. The molecule has 172 valence electrons. The Bertz CT molecular complexity index is 984. The molecule has 2 aromatic rings. The third kappa shape index (κ3) is 5.35. The quantitative estimate of drug-likeness (QED) is 0.489. The Hall–Kier alpha value is -2.74. The number of thioether (sulfide) groups is 1. The van der Waals surface area contributed by atoms with Crippen LogP contribution < -0.4 is 5.32 Å². The van der Waals surface area contributed by atoms with E-state index >= 15 is 0 Å². The summed E-state index contributed by atoms with van der Waals surface area (Å²) in [5.74, 6) is -0.910. The number of nitrogens with one attached hydrogen (secondary N) is 2. The van der Waals surface area contributed by atoms with Gasteiger partial charge in [0.25, 0.3) is 5.91 Å². The van der Waals surface area contributed by atoms with Crippen LogP contribution in [0.25, 0.3) is 0 Å². The van der Waals surface area contributed by atoms with Gasteiger partial charge in [-0.2, -0.15) is 0 Å². The molecule has 2 amide bonds. The van der Waals surface area contributed by atoms with Gasteiger partial charge in [0.15, 0.2) is 0 Å². The number of aryl methyl sites for hydroxylation is 1. The fourth-order valence-electron chi connectivity index (χ4n) is 4.08. The number of nitrogens with zero attached hydrogens (tertiary/aromatic N) is 1. The SMILES string of the molecule is CCOC(=O)c1c(C)[nH]c(C(=O)N2CCCC(C(=O)NCc3ccc(SC)cc3)C2)c1C. The summed E-state index contributed by atoms with van der Waals surface area (Å²) in [6.45, 7) is 6.95. The highest BCUT2D eigenvalue weighted by atomic mass is 32.2. The second-order valence-electron chi connectivity index (χ2n) is 8.00. The summed E-state index contributed by atoms with van der Waals surface area (Å²) >= 11 is 1.68. The zero-order valence-corrected chi connectivity index (χ0v) is 19.9. The van der Waals surface area contributed by atoms with E-state index in [2.05, 4.69) is 10.3 Å². The lowest BCUT2D eigenvalue weighted by molar-refractivity contribution is -0.126. The van der Waals surface area contributed by atoms with Gasteiger partial charge < -0.3 is 19.9 Å². The Labute approximate surface area is 193 Å². The number of benzene rings is 1. The van der Waals surface area contributed by atoms with E-state index in [1.807, 2.05) is 30.5 Å². The van der Waals surface area contributed by atoms with Gasteiger partial charge in [0.1, 0.15) is 5.69 Å². The lowest BCUT2D eigenvalue weighted by atomic mass is 9.96. The number of H-pyrrole nitrogens is 1. The topological polar surface area (TPSA) is 91.5 Å². The van der Waals surface area contributed by atoms with E-state index in [4.69, 9.17) is 4.74 Å². The molecular formula is C24H31N3O4S. The lowest BCUT2D eigenvalue weighted by Crippen LogP contribution is -2.45. The van der Waals surface area contributed by atoms with Crippen LogP contribution >= 0.6 is 11.8 Å². The summed E-state index contributed by atoms with van der Waals surface area (Å²) < 4.78 is 5.11. The molecule has 0 bridgehead atoms. The lowest BCUT2D eigenvalue weighted by Gasteiger charge is -2.32. The second-order valence-corrected chi connectivity index (χ2v) is 8.88. The normalized spacial score (nSPS) is 16.0. The van der Waals surface area contributed by atoms with E-state index in [9.17, 15) is 14.4 Å². The molecule has 1 aromatic carbocycles. The van der Waals surface area contributed by atoms with Gasteiger partial charge in [-0.25, -0.2) is 4.79 Å². The molecule has 0 saturated carbocycles. The molecule has 1 aliphatic heterocycles. The minimum atomic E-state index is -0.431. The van der Waals surface area contributed by atoms with Crippen molar-refractivity contribution in [1.82, 2.24) is 15.2 Å². The first kappa shape index (κ1) is 23.9. The second kappa shape index (κ2) is 10.7. The highest BCUT2D eigenvalue weighted by Crippen LogP contribution is 2.24. The molecule has 3 rings (SSSR count). The van der Waals surface area contributed by atoms with Gasteiger partial charge in [-0.3, -0.25) is 9.59 Å². The summed E-state index contributed by atoms with van der Waals surface area (Å²) in [6.07, 6.45) is 3.54. The summed E-state index contributed by atoms with van der Waals surface area (Å²) in [5, 5.41) is 3.01. The first-order valence-corrected chi connectivity index (χ1v) is 12.1. The molecule has 1 aliphatic rings. The van der Waals surface area contributed by atoms with Crippen molar-refractivity contribution in [3.05, 3.63) is 52.3 Å². The van der Waals surface area contributed by atoms with Crippen molar-refractivity contribution in [2.45, 2.75) is 45.1 Å². The Morgan fingerprint density at radius 3 is 2.59 bits per heavy atom. The van der Waals surface area contributed by atoms with Crippen LogP contribution in [0, 0.1) is 19.8 Å². The van der Waals surface area contributed by atoms with Crippen LogP contribution in [0.4, 0.5) is 0 Å². The standard InChI is InChI=1S/C24H31N3O4S/c1-5-31-24(30)20-15(2)21(26-16(20)3)23(29)27-12-6-7-18(14-27)22(28)25-13-17-8-10-19(32-4)11-9-17/h8-11,18,26H,5-7,12-14H2,1-4H3,(H,25,28). The number of esters is 1. The van der Waals surface area contributed by atoms with E-state index in [1.165, 1.54) is 4.90 Å². The van der Waals surface area contributed by atoms with Crippen molar-refractivity contribution >= 4 is 29.5 Å². The molecule has 2 N–H and O–H groups in total. The first-order chi connectivity index (χ1) is 15.3. The van der Waals surface area contributed by atoms with E-state index < -0.39 is 5.97 Å². The largest absolute Gasteiger partial charge is 0.462 e. The highest BCUT2D eigenvalue weighted by molar-refractivity contribution is 7.98. The van der Waals surface area contributed by atoms with Crippen LogP contribution in [0.15, 0.2) is 29.2 Å². The number of aromatic nitrogens is 1. The highest BCUT2D eigenvalue weighted by Gasteiger charge is 2.31. The summed E-state index contributed by atoms with van der Waals surface area (Å²) in [4.78, 5) is 44.1. The maximum absolute atomic E-state index is 13.2. The Morgan fingerprint density at radius 1 is 1.22 bits per heavy atom. The molecule has 2 heterocycles. The predicted octanol–water partition coefficient (Wildman–Crippen LogP) is 3.70. The van der Waals surface area contributed by atoms with Crippen LogP contribution in [0.1, 0.15) is 57.4 Å². The van der Waals surface area contributed by atoms with Gasteiger partial charge in [-0.1, -0.05) is 12.1 Å². The Balaban J connectivity index is 1.63. The summed E-state index contributed by atoms with van der Waals surface area (Å²) in [5.41, 5.74) is 3.05. The van der Waals surface area contributed by atoms with E-state index in [0.717, 1.165) is 18.4 Å². The number of carbonyl (C=O) groups excluding carboxylic acids is 3. The van der Waals surface area contributed by atoms with Crippen molar-refractivity contribution in [2.24, 2.45) is 5.92 Å². The van der Waals surface area contributed by atoms with E-state index in [1.54, 1.807) is 37.4 Å². The third-order valence-corrected chi connectivity index (χ3v) is 6.58. The molecular weight excluding hydrogens is 426 g/mol. The van der Waals surface area contributed by atoms with Crippen molar-refractivity contribution in [3.63, 3.8) is 0 Å². The molecule has 1 unspecified atom stereocenters. The van der Waals surface area contributed by atoms with Crippen LogP contribution in [-0.4, -0.2) is 53.6 Å². The molecule has 1 atom stereocenters. The number of piperidine rings is 1. The van der Waals surface area contributed by atoms with Crippen molar-refractivity contribution in [3.8, 4) is 0 Å². The van der Waals surface area contributed by atoms with Crippen LogP contribution in [-0.2, 0) is 16.1 Å². The summed E-state index contributed by atoms with van der Waals surface area (Å²) in [7, 11) is 0. The predicted molar refractivity (Wildman–Crippen MR) is 125 cm³/mol. The maximum Gasteiger partial charge on any atom is 0.340 e. The molecule has 7 nitrogen and oxygen atoms in total. The maximum atomic E-state index is 13.2.